The van der Waals surface area contributed by atoms with Crippen molar-refractivity contribution in [1.82, 2.24) is 19.4 Å². The zero-order valence-corrected chi connectivity index (χ0v) is 15.0. The molecule has 3 atom stereocenters. The summed E-state index contributed by atoms with van der Waals surface area (Å²) in [6.07, 6.45) is 3.85. The molecule has 9 heteroatoms. The van der Waals surface area contributed by atoms with Crippen LogP contribution in [0.5, 0.6) is 0 Å². The van der Waals surface area contributed by atoms with Gasteiger partial charge in [-0.1, -0.05) is 0 Å². The first kappa shape index (κ1) is 16.6. The van der Waals surface area contributed by atoms with E-state index in [1.807, 2.05) is 29.8 Å². The van der Waals surface area contributed by atoms with Gasteiger partial charge in [0.1, 0.15) is 24.3 Å². The average molecular weight is 431 g/mol. The third-order valence-corrected chi connectivity index (χ3v) is 4.47. The largest absolute Gasteiger partial charge is 0.394 e. The Morgan fingerprint density at radius 3 is 2.96 bits per heavy atom. The highest BCUT2D eigenvalue weighted by Gasteiger charge is 2.35. The van der Waals surface area contributed by atoms with Gasteiger partial charge in [-0.25, -0.2) is 15.0 Å². The van der Waals surface area contributed by atoms with Crippen LogP contribution in [0.25, 0.3) is 11.0 Å². The number of rotatable bonds is 4. The van der Waals surface area contributed by atoms with Crippen LogP contribution in [0.2, 0.25) is 0 Å². The van der Waals surface area contributed by atoms with E-state index in [1.54, 1.807) is 6.34 Å². The van der Waals surface area contributed by atoms with Crippen LogP contribution in [-0.4, -0.2) is 68.9 Å². The number of aromatic nitrogens is 3. The van der Waals surface area contributed by atoms with E-state index in [0.29, 0.717) is 17.9 Å². The van der Waals surface area contributed by atoms with E-state index in [4.69, 9.17) is 4.74 Å². The summed E-state index contributed by atoms with van der Waals surface area (Å²) in [5.74, 6) is 0.587. The number of hydrogen-bond donors (Lipinski definition) is 2. The van der Waals surface area contributed by atoms with Gasteiger partial charge in [-0.15, -0.1) is 0 Å². The first-order chi connectivity index (χ1) is 11.0. The maximum atomic E-state index is 9.94. The third kappa shape index (κ3) is 3.18. The molecule has 124 valence electrons. The highest BCUT2D eigenvalue weighted by atomic mass is 127. The van der Waals surface area contributed by atoms with E-state index >= 15 is 0 Å². The molecular formula is C14H18IN5O3. The maximum Gasteiger partial charge on any atom is 0.167 e. The summed E-state index contributed by atoms with van der Waals surface area (Å²) in [5, 5.41) is 20.0. The second kappa shape index (κ2) is 6.67. The molecule has 0 unspecified atom stereocenters. The second-order valence-electron chi connectivity index (χ2n) is 5.60. The lowest BCUT2D eigenvalue weighted by molar-refractivity contribution is -0.0430. The predicted molar refractivity (Wildman–Crippen MR) is 93.7 cm³/mol. The van der Waals surface area contributed by atoms with Gasteiger partial charge in [0.25, 0.3) is 0 Å². The van der Waals surface area contributed by atoms with Crippen LogP contribution >= 0.6 is 22.6 Å². The van der Waals surface area contributed by atoms with Gasteiger partial charge in [-0.3, -0.25) is 0 Å². The lowest BCUT2D eigenvalue weighted by atomic mass is 10.2. The number of fused-ring (bicyclic) bond motifs is 1. The van der Waals surface area contributed by atoms with Crippen molar-refractivity contribution in [1.29, 1.82) is 0 Å². The minimum atomic E-state index is -0.687. The molecule has 0 amide bonds. The molecule has 1 aliphatic rings. The van der Waals surface area contributed by atoms with Gasteiger partial charge in [-0.2, -0.15) is 0 Å². The topological polar surface area (TPSA) is 96.0 Å². The minimum absolute atomic E-state index is 0.207. The molecule has 2 N–H and O–H groups in total. The highest BCUT2D eigenvalue weighted by Crippen LogP contribution is 2.35. The number of aliphatic hydroxyl groups excluding tert-OH is 2. The molecule has 1 aliphatic heterocycles. The number of ether oxygens (including phenoxy) is 1. The molecule has 1 fully saturated rings. The summed E-state index contributed by atoms with van der Waals surface area (Å²) in [7, 11) is 3.78. The summed E-state index contributed by atoms with van der Waals surface area (Å²) in [5.41, 5.74) is 0.700. The Balaban J connectivity index is 2.02. The number of halogens is 1. The monoisotopic (exact) mass is 431 g/mol. The van der Waals surface area contributed by atoms with Crippen molar-refractivity contribution in [2.45, 2.75) is 24.9 Å². The van der Waals surface area contributed by atoms with Crippen molar-refractivity contribution in [2.24, 2.45) is 4.99 Å². The molecule has 3 rings (SSSR count). The summed E-state index contributed by atoms with van der Waals surface area (Å²) >= 11 is 2.21. The van der Waals surface area contributed by atoms with E-state index in [2.05, 4.69) is 37.6 Å². The van der Waals surface area contributed by atoms with E-state index in [9.17, 15) is 10.2 Å². The Morgan fingerprint density at radius 1 is 1.52 bits per heavy atom. The van der Waals surface area contributed by atoms with E-state index < -0.39 is 12.2 Å². The van der Waals surface area contributed by atoms with Crippen LogP contribution in [0, 0.1) is 3.57 Å². The highest BCUT2D eigenvalue weighted by molar-refractivity contribution is 14.1. The van der Waals surface area contributed by atoms with Crippen molar-refractivity contribution < 1.29 is 14.9 Å². The molecule has 0 bridgehead atoms. The van der Waals surface area contributed by atoms with E-state index in [1.165, 1.54) is 6.33 Å². The Labute approximate surface area is 147 Å². The van der Waals surface area contributed by atoms with Crippen molar-refractivity contribution in [3.05, 3.63) is 16.1 Å². The summed E-state index contributed by atoms with van der Waals surface area (Å²) in [6.45, 7) is -0.207. The quantitative estimate of drug-likeness (QED) is 0.425. The van der Waals surface area contributed by atoms with Crippen LogP contribution in [0.1, 0.15) is 12.6 Å². The normalized spacial score (nSPS) is 24.8. The maximum absolute atomic E-state index is 9.94. The van der Waals surface area contributed by atoms with Gasteiger partial charge in [0.2, 0.25) is 0 Å². The molecule has 1 saturated heterocycles. The molecule has 3 heterocycles. The average Bonchev–Trinajstić information content (AvgIpc) is 3.06. The van der Waals surface area contributed by atoms with Crippen molar-refractivity contribution in [3.8, 4) is 0 Å². The van der Waals surface area contributed by atoms with Crippen LogP contribution in [0.4, 0.5) is 5.82 Å². The molecule has 0 aliphatic carbocycles. The predicted octanol–water partition coefficient (Wildman–Crippen LogP) is 0.898. The van der Waals surface area contributed by atoms with E-state index in [-0.39, 0.29) is 12.8 Å². The smallest absolute Gasteiger partial charge is 0.167 e. The second-order valence-corrected chi connectivity index (χ2v) is 6.77. The van der Waals surface area contributed by atoms with Crippen molar-refractivity contribution in [3.63, 3.8) is 0 Å². The number of hydrogen-bond acceptors (Lipinski definition) is 6. The Bertz CT molecular complexity index is 733. The number of nitrogens with zero attached hydrogens (tertiary/aromatic N) is 5. The van der Waals surface area contributed by atoms with Gasteiger partial charge in [0.15, 0.2) is 5.82 Å². The first-order valence-corrected chi connectivity index (χ1v) is 8.25. The SMILES string of the molecule is CN(C)/C=N/c1ncnc2c1c(I)cn2[C@H]1C[C@H](O)[C@@H](CO)O1. The van der Waals surface area contributed by atoms with Gasteiger partial charge in [-0.05, 0) is 22.6 Å². The molecule has 0 radical (unpaired) electrons. The molecule has 23 heavy (non-hydrogen) atoms. The molecule has 0 spiro atoms. The summed E-state index contributed by atoms with van der Waals surface area (Å²) in [4.78, 5) is 14.8. The molecule has 2 aromatic heterocycles. The molecule has 0 saturated carbocycles. The lowest BCUT2D eigenvalue weighted by Gasteiger charge is -2.14. The summed E-state index contributed by atoms with van der Waals surface area (Å²) in [6, 6.07) is 0. The Morgan fingerprint density at radius 2 is 2.30 bits per heavy atom. The molecule has 0 aromatic carbocycles. The van der Waals surface area contributed by atoms with Gasteiger partial charge >= 0.3 is 0 Å². The van der Waals surface area contributed by atoms with Gasteiger partial charge < -0.3 is 24.4 Å². The molecule has 8 nitrogen and oxygen atoms in total. The van der Waals surface area contributed by atoms with Crippen molar-refractivity contribution in [2.75, 3.05) is 20.7 Å². The fraction of sp³-hybridized carbons (Fsp3) is 0.500. The zero-order chi connectivity index (χ0) is 16.6. The van der Waals surface area contributed by atoms with Crippen LogP contribution in [0.15, 0.2) is 17.5 Å². The number of aliphatic imine (C=N–C) groups is 1. The van der Waals surface area contributed by atoms with Crippen LogP contribution in [-0.2, 0) is 4.74 Å². The standard InChI is InChI=1S/C14H18IN5O3/c1-19(2)7-18-13-12-8(15)4-20(14(12)17-6-16-13)11-3-9(22)10(5-21)23-11/h4,6-7,9-11,21-22H,3,5H2,1-2H3/b18-7+/t9-,10+,11+/m0/s1. The van der Waals surface area contributed by atoms with Crippen molar-refractivity contribution >= 4 is 45.8 Å². The first-order valence-electron chi connectivity index (χ1n) is 7.17. The Hall–Kier alpha value is -1.30. The third-order valence-electron chi connectivity index (χ3n) is 3.65. The van der Waals surface area contributed by atoms with Gasteiger partial charge in [0, 0.05) is 30.3 Å². The van der Waals surface area contributed by atoms with Crippen LogP contribution < -0.4 is 0 Å². The zero-order valence-electron chi connectivity index (χ0n) is 12.8. The minimum Gasteiger partial charge on any atom is -0.394 e. The molecule has 2 aromatic rings. The Kier molecular flexibility index (Phi) is 4.80. The number of aliphatic hydroxyl groups is 2. The van der Waals surface area contributed by atoms with Gasteiger partial charge in [0.05, 0.1) is 24.4 Å². The fourth-order valence-corrected chi connectivity index (χ4v) is 3.34. The van der Waals surface area contributed by atoms with E-state index in [0.717, 1.165) is 8.96 Å². The molecular weight excluding hydrogens is 413 g/mol. The summed E-state index contributed by atoms with van der Waals surface area (Å²) < 4.78 is 8.54. The lowest BCUT2D eigenvalue weighted by Crippen LogP contribution is -2.24. The van der Waals surface area contributed by atoms with Crippen LogP contribution in [0.3, 0.4) is 0 Å². The fourth-order valence-electron chi connectivity index (χ4n) is 2.56.